The molecule has 170 valence electrons. The molecule has 1 aliphatic carbocycles. The van der Waals surface area contributed by atoms with Crippen LogP contribution < -0.4 is 5.32 Å². The van der Waals surface area contributed by atoms with E-state index in [9.17, 15) is 13.2 Å². The van der Waals surface area contributed by atoms with Crippen molar-refractivity contribution in [1.29, 1.82) is 0 Å². The Kier molecular flexibility index (Phi) is 7.96. The number of hydrogen-bond acceptors (Lipinski definition) is 4. The number of nitrogens with one attached hydrogen (secondary N) is 1. The van der Waals surface area contributed by atoms with Crippen LogP contribution >= 0.6 is 0 Å². The normalized spacial score (nSPS) is 20.6. The predicted octanol–water partition coefficient (Wildman–Crippen LogP) is 3.54. The fourth-order valence-corrected chi connectivity index (χ4v) is 6.58. The van der Waals surface area contributed by atoms with E-state index < -0.39 is 10.0 Å². The standard InChI is InChI=1S/C22H38N4O3S/c1-17-11-14-25(15-12-17)30(28,29)22-18(2)24-26(19(22)3)16-13-21(27)23-20-9-7-5-4-6-8-10-20/h17,20H,4-16H2,1-3H3,(H,23,27). The minimum Gasteiger partial charge on any atom is -0.353 e. The van der Waals surface area contributed by atoms with Gasteiger partial charge in [0.05, 0.1) is 17.9 Å². The van der Waals surface area contributed by atoms with Crippen LogP contribution in [0.3, 0.4) is 0 Å². The number of hydrogen-bond donors (Lipinski definition) is 1. The highest BCUT2D eigenvalue weighted by Gasteiger charge is 2.33. The molecule has 1 saturated carbocycles. The summed E-state index contributed by atoms with van der Waals surface area (Å²) in [6.45, 7) is 7.25. The van der Waals surface area contributed by atoms with Gasteiger partial charge in [0.2, 0.25) is 15.9 Å². The zero-order valence-electron chi connectivity index (χ0n) is 18.8. The van der Waals surface area contributed by atoms with Crippen LogP contribution in [-0.2, 0) is 21.4 Å². The second-order valence-electron chi connectivity index (χ2n) is 9.17. The highest BCUT2D eigenvalue weighted by Crippen LogP contribution is 2.27. The van der Waals surface area contributed by atoms with Crippen molar-refractivity contribution in [3.63, 3.8) is 0 Å². The van der Waals surface area contributed by atoms with Gasteiger partial charge in [-0.15, -0.1) is 0 Å². The maximum atomic E-state index is 13.2. The van der Waals surface area contributed by atoms with Crippen LogP contribution in [0.25, 0.3) is 0 Å². The van der Waals surface area contributed by atoms with Crippen molar-refractivity contribution in [3.05, 3.63) is 11.4 Å². The zero-order chi connectivity index (χ0) is 21.7. The van der Waals surface area contributed by atoms with E-state index in [4.69, 9.17) is 0 Å². The first kappa shape index (κ1) is 23.3. The minimum absolute atomic E-state index is 0.0301. The summed E-state index contributed by atoms with van der Waals surface area (Å²) in [4.78, 5) is 12.8. The number of amides is 1. The van der Waals surface area contributed by atoms with Crippen molar-refractivity contribution in [2.24, 2.45) is 5.92 Å². The van der Waals surface area contributed by atoms with E-state index in [0.717, 1.165) is 25.7 Å². The Hall–Kier alpha value is -1.41. The van der Waals surface area contributed by atoms with E-state index in [-0.39, 0.29) is 11.9 Å². The number of carbonyl (C=O) groups excluding carboxylic acids is 1. The van der Waals surface area contributed by atoms with Crippen molar-refractivity contribution in [1.82, 2.24) is 19.4 Å². The summed E-state index contributed by atoms with van der Waals surface area (Å²) in [6.07, 6.45) is 10.4. The van der Waals surface area contributed by atoms with Crippen LogP contribution in [0.5, 0.6) is 0 Å². The molecular weight excluding hydrogens is 400 g/mol. The van der Waals surface area contributed by atoms with Crippen LogP contribution in [0.15, 0.2) is 4.90 Å². The summed E-state index contributed by atoms with van der Waals surface area (Å²) in [5.41, 5.74) is 1.15. The van der Waals surface area contributed by atoms with Gasteiger partial charge in [0, 0.05) is 25.6 Å². The molecule has 0 unspecified atom stereocenters. The molecule has 7 nitrogen and oxygen atoms in total. The average Bonchev–Trinajstić information content (AvgIpc) is 2.96. The summed E-state index contributed by atoms with van der Waals surface area (Å²) in [5.74, 6) is 0.597. The number of piperidine rings is 1. The molecule has 1 aliphatic heterocycles. The summed E-state index contributed by atoms with van der Waals surface area (Å²) in [6, 6.07) is 0.274. The lowest BCUT2D eigenvalue weighted by atomic mass is 9.96. The van der Waals surface area contributed by atoms with Gasteiger partial charge < -0.3 is 5.32 Å². The van der Waals surface area contributed by atoms with Crippen molar-refractivity contribution in [3.8, 4) is 0 Å². The van der Waals surface area contributed by atoms with E-state index in [1.54, 1.807) is 22.8 Å². The van der Waals surface area contributed by atoms with Crippen LogP contribution in [0.1, 0.15) is 82.5 Å². The first-order valence-electron chi connectivity index (χ1n) is 11.6. The van der Waals surface area contributed by atoms with Crippen LogP contribution in [0, 0.1) is 19.8 Å². The lowest BCUT2D eigenvalue weighted by Crippen LogP contribution is -2.38. The maximum absolute atomic E-state index is 13.2. The number of sulfonamides is 1. The third-order valence-corrected chi connectivity index (χ3v) is 8.83. The van der Waals surface area contributed by atoms with Crippen molar-refractivity contribution >= 4 is 15.9 Å². The fraction of sp³-hybridized carbons (Fsp3) is 0.818. The summed E-state index contributed by atoms with van der Waals surface area (Å²) in [7, 11) is -3.55. The topological polar surface area (TPSA) is 84.3 Å². The number of rotatable bonds is 6. The Morgan fingerprint density at radius 1 is 1.03 bits per heavy atom. The first-order valence-corrected chi connectivity index (χ1v) is 13.1. The minimum atomic E-state index is -3.55. The number of aryl methyl sites for hydroxylation is 2. The zero-order valence-corrected chi connectivity index (χ0v) is 19.6. The van der Waals surface area contributed by atoms with Gasteiger partial charge in [-0.3, -0.25) is 9.48 Å². The van der Waals surface area contributed by atoms with Gasteiger partial charge in [0.1, 0.15) is 4.90 Å². The van der Waals surface area contributed by atoms with E-state index in [1.165, 1.54) is 32.1 Å². The van der Waals surface area contributed by atoms with Crippen molar-refractivity contribution < 1.29 is 13.2 Å². The average molecular weight is 439 g/mol. The van der Waals surface area contributed by atoms with Crippen LogP contribution in [-0.4, -0.2) is 47.5 Å². The molecule has 0 bridgehead atoms. The van der Waals surface area contributed by atoms with E-state index >= 15 is 0 Å². The molecule has 3 rings (SSSR count). The second-order valence-corrected chi connectivity index (χ2v) is 11.0. The summed E-state index contributed by atoms with van der Waals surface area (Å²) < 4.78 is 29.7. The molecule has 2 heterocycles. The molecule has 0 spiro atoms. The SMILES string of the molecule is Cc1nn(CCC(=O)NC2CCCCCCC2)c(C)c1S(=O)(=O)N1CCC(C)CC1. The fourth-order valence-electron chi connectivity index (χ4n) is 4.73. The van der Waals surface area contributed by atoms with Gasteiger partial charge in [0.25, 0.3) is 0 Å². The Balaban J connectivity index is 1.61. The first-order chi connectivity index (χ1) is 14.3. The highest BCUT2D eigenvalue weighted by atomic mass is 32.2. The Morgan fingerprint density at radius 3 is 2.27 bits per heavy atom. The molecule has 0 aromatic carbocycles. The van der Waals surface area contributed by atoms with E-state index in [2.05, 4.69) is 17.3 Å². The second kappa shape index (κ2) is 10.3. The quantitative estimate of drug-likeness (QED) is 0.736. The van der Waals surface area contributed by atoms with Gasteiger partial charge in [-0.1, -0.05) is 39.0 Å². The lowest BCUT2D eigenvalue weighted by molar-refractivity contribution is -0.122. The third-order valence-electron chi connectivity index (χ3n) is 6.68. The Bertz CT molecular complexity index is 818. The molecule has 1 aromatic heterocycles. The smallest absolute Gasteiger partial charge is 0.246 e. The molecule has 2 fully saturated rings. The summed E-state index contributed by atoms with van der Waals surface area (Å²) in [5, 5.41) is 7.64. The molecule has 1 N–H and O–H groups in total. The lowest BCUT2D eigenvalue weighted by Gasteiger charge is -2.29. The predicted molar refractivity (Wildman–Crippen MR) is 118 cm³/mol. The Morgan fingerprint density at radius 2 is 1.63 bits per heavy atom. The highest BCUT2D eigenvalue weighted by molar-refractivity contribution is 7.89. The maximum Gasteiger partial charge on any atom is 0.246 e. The Labute approximate surface area is 181 Å². The van der Waals surface area contributed by atoms with Crippen molar-refractivity contribution in [2.45, 2.75) is 102 Å². The van der Waals surface area contributed by atoms with Gasteiger partial charge in [0.15, 0.2) is 0 Å². The molecule has 1 amide bonds. The van der Waals surface area contributed by atoms with Gasteiger partial charge >= 0.3 is 0 Å². The molecule has 2 aliphatic rings. The van der Waals surface area contributed by atoms with Gasteiger partial charge in [-0.25, -0.2) is 8.42 Å². The molecule has 0 radical (unpaired) electrons. The van der Waals surface area contributed by atoms with Crippen LogP contribution in [0.2, 0.25) is 0 Å². The molecule has 0 atom stereocenters. The molecule has 1 saturated heterocycles. The van der Waals surface area contributed by atoms with Crippen LogP contribution in [0.4, 0.5) is 0 Å². The van der Waals surface area contributed by atoms with E-state index in [0.29, 0.717) is 48.3 Å². The van der Waals surface area contributed by atoms with Gasteiger partial charge in [-0.2, -0.15) is 9.40 Å². The molecule has 30 heavy (non-hydrogen) atoms. The van der Waals surface area contributed by atoms with E-state index in [1.807, 2.05) is 0 Å². The molecule has 1 aromatic rings. The monoisotopic (exact) mass is 438 g/mol. The number of aromatic nitrogens is 2. The molecular formula is C22H38N4O3S. The molecule has 8 heteroatoms. The van der Waals surface area contributed by atoms with Crippen molar-refractivity contribution in [2.75, 3.05) is 13.1 Å². The largest absolute Gasteiger partial charge is 0.353 e. The number of carbonyl (C=O) groups is 1. The third kappa shape index (κ3) is 5.63. The number of nitrogens with zero attached hydrogens (tertiary/aromatic N) is 3. The summed E-state index contributed by atoms with van der Waals surface area (Å²) >= 11 is 0. The van der Waals surface area contributed by atoms with Gasteiger partial charge in [-0.05, 0) is 45.4 Å².